The minimum atomic E-state index is 0.0540. The molecule has 0 unspecified atom stereocenters. The number of hydrogen-bond acceptors (Lipinski definition) is 4. The largest absolute Gasteiger partial charge is 0.390 e. The number of rotatable bonds is 3. The lowest BCUT2D eigenvalue weighted by Crippen LogP contribution is -2.02. The minimum absolute atomic E-state index is 0.0540. The number of nitrogens with zero attached hydrogens (tertiary/aromatic N) is 2. The van der Waals surface area contributed by atoms with Crippen molar-refractivity contribution in [1.82, 2.24) is 9.38 Å². The van der Waals surface area contributed by atoms with Gasteiger partial charge in [-0.15, -0.1) is 11.3 Å². The minimum Gasteiger partial charge on any atom is -0.390 e. The Kier molecular flexibility index (Phi) is 2.30. The van der Waals surface area contributed by atoms with Gasteiger partial charge in [-0.3, -0.25) is 4.40 Å². The molecule has 70 valence electrons. The molecule has 13 heavy (non-hydrogen) atoms. The molecule has 0 amide bonds. The van der Waals surface area contributed by atoms with Gasteiger partial charge in [-0.1, -0.05) is 0 Å². The van der Waals surface area contributed by atoms with Crippen LogP contribution in [0.4, 0.5) is 0 Å². The highest BCUT2D eigenvalue weighted by Crippen LogP contribution is 2.20. The maximum absolute atomic E-state index is 9.00. The molecule has 4 nitrogen and oxygen atoms in total. The fourth-order valence-corrected chi connectivity index (χ4v) is 2.31. The number of imidazole rings is 1. The molecule has 0 aliphatic carbocycles. The SMILES string of the molecule is NCCc1ncn2c(CO)csc12. The van der Waals surface area contributed by atoms with Crippen LogP contribution in [0.25, 0.3) is 4.83 Å². The Balaban J connectivity index is 2.50. The maximum atomic E-state index is 9.00. The van der Waals surface area contributed by atoms with Crippen molar-refractivity contribution in [2.45, 2.75) is 13.0 Å². The van der Waals surface area contributed by atoms with Crippen LogP contribution in [-0.2, 0) is 13.0 Å². The van der Waals surface area contributed by atoms with Crippen LogP contribution in [0.5, 0.6) is 0 Å². The van der Waals surface area contributed by atoms with Crippen LogP contribution >= 0.6 is 11.3 Å². The summed E-state index contributed by atoms with van der Waals surface area (Å²) in [6, 6.07) is 0. The van der Waals surface area contributed by atoms with Crippen molar-refractivity contribution in [3.8, 4) is 0 Å². The van der Waals surface area contributed by atoms with Crippen LogP contribution in [0, 0.1) is 0 Å². The molecule has 0 fully saturated rings. The maximum Gasteiger partial charge on any atom is 0.123 e. The van der Waals surface area contributed by atoms with E-state index in [1.807, 2.05) is 9.78 Å². The molecule has 0 aliphatic heterocycles. The van der Waals surface area contributed by atoms with Crippen LogP contribution < -0.4 is 5.73 Å². The number of aliphatic hydroxyl groups is 1. The summed E-state index contributed by atoms with van der Waals surface area (Å²) in [5.74, 6) is 0. The standard InChI is InChI=1S/C8H11N3OS/c9-2-1-7-8-11(5-10-7)6(3-12)4-13-8/h4-5,12H,1-3,9H2. The lowest BCUT2D eigenvalue weighted by atomic mass is 10.3. The van der Waals surface area contributed by atoms with E-state index in [0.29, 0.717) is 6.54 Å². The van der Waals surface area contributed by atoms with E-state index < -0.39 is 0 Å². The fraction of sp³-hybridized carbons (Fsp3) is 0.375. The molecule has 5 heteroatoms. The molecule has 2 aromatic heterocycles. The van der Waals surface area contributed by atoms with Gasteiger partial charge in [0.05, 0.1) is 18.0 Å². The van der Waals surface area contributed by atoms with Crippen molar-refractivity contribution in [3.05, 3.63) is 23.1 Å². The van der Waals surface area contributed by atoms with Crippen molar-refractivity contribution in [3.63, 3.8) is 0 Å². The van der Waals surface area contributed by atoms with Crippen molar-refractivity contribution >= 4 is 16.2 Å². The van der Waals surface area contributed by atoms with Gasteiger partial charge in [0.2, 0.25) is 0 Å². The second-order valence-corrected chi connectivity index (χ2v) is 3.65. The van der Waals surface area contributed by atoms with Gasteiger partial charge in [-0.05, 0) is 6.54 Å². The number of hydrogen-bond donors (Lipinski definition) is 2. The summed E-state index contributed by atoms with van der Waals surface area (Å²) >= 11 is 1.60. The third-order valence-electron chi connectivity index (χ3n) is 1.95. The first-order valence-electron chi connectivity index (χ1n) is 4.10. The molecular formula is C8H11N3OS. The zero-order valence-electron chi connectivity index (χ0n) is 7.10. The van der Waals surface area contributed by atoms with E-state index in [2.05, 4.69) is 4.98 Å². The van der Waals surface area contributed by atoms with Gasteiger partial charge in [-0.2, -0.15) is 0 Å². The zero-order chi connectivity index (χ0) is 9.26. The van der Waals surface area contributed by atoms with Gasteiger partial charge in [0.25, 0.3) is 0 Å². The zero-order valence-corrected chi connectivity index (χ0v) is 7.92. The molecule has 0 bridgehead atoms. The van der Waals surface area contributed by atoms with E-state index in [1.54, 1.807) is 17.7 Å². The fourth-order valence-electron chi connectivity index (χ4n) is 1.31. The Morgan fingerprint density at radius 3 is 3.15 bits per heavy atom. The van der Waals surface area contributed by atoms with E-state index in [9.17, 15) is 0 Å². The van der Waals surface area contributed by atoms with Crippen LogP contribution in [-0.4, -0.2) is 21.0 Å². The molecule has 2 rings (SSSR count). The van der Waals surface area contributed by atoms with E-state index in [-0.39, 0.29) is 6.61 Å². The highest BCUT2D eigenvalue weighted by molar-refractivity contribution is 7.15. The Hall–Kier alpha value is -0.910. The third kappa shape index (κ3) is 1.35. The van der Waals surface area contributed by atoms with Gasteiger partial charge < -0.3 is 10.8 Å². The third-order valence-corrected chi connectivity index (χ3v) is 3.00. The number of nitrogens with two attached hydrogens (primary N) is 1. The summed E-state index contributed by atoms with van der Waals surface area (Å²) in [5, 5.41) is 10.9. The quantitative estimate of drug-likeness (QED) is 0.748. The Bertz CT molecular complexity index is 406. The topological polar surface area (TPSA) is 63.5 Å². The van der Waals surface area contributed by atoms with E-state index in [1.165, 1.54) is 0 Å². The number of fused-ring (bicyclic) bond motifs is 1. The molecule has 0 saturated heterocycles. The monoisotopic (exact) mass is 197 g/mol. The van der Waals surface area contributed by atoms with E-state index in [0.717, 1.165) is 22.6 Å². The summed E-state index contributed by atoms with van der Waals surface area (Å²) in [5.41, 5.74) is 7.36. The molecule has 0 aromatic carbocycles. The highest BCUT2D eigenvalue weighted by atomic mass is 32.1. The molecular weight excluding hydrogens is 186 g/mol. The van der Waals surface area contributed by atoms with Gasteiger partial charge in [0.1, 0.15) is 11.2 Å². The van der Waals surface area contributed by atoms with E-state index in [4.69, 9.17) is 10.8 Å². The summed E-state index contributed by atoms with van der Waals surface area (Å²) in [6.07, 6.45) is 2.53. The summed E-state index contributed by atoms with van der Waals surface area (Å²) < 4.78 is 1.91. The molecule has 0 atom stereocenters. The van der Waals surface area contributed by atoms with Crippen LogP contribution in [0.3, 0.4) is 0 Å². The van der Waals surface area contributed by atoms with Crippen LogP contribution in [0.15, 0.2) is 11.7 Å². The summed E-state index contributed by atoms with van der Waals surface area (Å²) in [4.78, 5) is 5.33. The molecule has 3 N–H and O–H groups in total. The number of aromatic nitrogens is 2. The van der Waals surface area contributed by atoms with E-state index >= 15 is 0 Å². The highest BCUT2D eigenvalue weighted by Gasteiger charge is 2.07. The predicted octanol–water partition coefficient (Wildman–Crippen LogP) is 0.389. The first-order chi connectivity index (χ1) is 6.36. The smallest absolute Gasteiger partial charge is 0.123 e. The Morgan fingerprint density at radius 2 is 2.46 bits per heavy atom. The second-order valence-electron chi connectivity index (χ2n) is 2.79. The average molecular weight is 197 g/mol. The van der Waals surface area contributed by atoms with Gasteiger partial charge >= 0.3 is 0 Å². The second kappa shape index (κ2) is 3.45. The van der Waals surface area contributed by atoms with Crippen molar-refractivity contribution < 1.29 is 5.11 Å². The molecule has 2 aromatic rings. The van der Waals surface area contributed by atoms with Crippen molar-refractivity contribution in [2.24, 2.45) is 5.73 Å². The normalized spacial score (nSPS) is 11.2. The summed E-state index contributed by atoms with van der Waals surface area (Å²) in [6.45, 7) is 0.664. The lowest BCUT2D eigenvalue weighted by molar-refractivity contribution is 0.276. The molecule has 0 saturated carbocycles. The van der Waals surface area contributed by atoms with Crippen molar-refractivity contribution in [2.75, 3.05) is 6.54 Å². The van der Waals surface area contributed by atoms with Gasteiger partial charge in [0, 0.05) is 11.8 Å². The first-order valence-corrected chi connectivity index (χ1v) is 4.98. The first kappa shape index (κ1) is 8.68. The molecule has 0 radical (unpaired) electrons. The number of aliphatic hydroxyl groups excluding tert-OH is 1. The van der Waals surface area contributed by atoms with Crippen molar-refractivity contribution in [1.29, 1.82) is 0 Å². The summed E-state index contributed by atoms with van der Waals surface area (Å²) in [7, 11) is 0. The Morgan fingerprint density at radius 1 is 1.62 bits per heavy atom. The van der Waals surface area contributed by atoms with Gasteiger partial charge in [-0.25, -0.2) is 4.98 Å². The number of thiazole rings is 1. The Labute approximate surface area is 79.6 Å². The molecule has 0 spiro atoms. The van der Waals surface area contributed by atoms with Crippen LogP contribution in [0.1, 0.15) is 11.4 Å². The molecule has 0 aliphatic rings. The molecule has 2 heterocycles. The average Bonchev–Trinajstić information content (AvgIpc) is 2.68. The van der Waals surface area contributed by atoms with Gasteiger partial charge in [0.15, 0.2) is 0 Å². The van der Waals surface area contributed by atoms with Crippen LogP contribution in [0.2, 0.25) is 0 Å². The predicted molar refractivity (Wildman–Crippen MR) is 51.8 cm³/mol. The lowest BCUT2D eigenvalue weighted by Gasteiger charge is -1.90.